The van der Waals surface area contributed by atoms with E-state index < -0.39 is 0 Å². The number of hydrogen-bond donors (Lipinski definition) is 1. The van der Waals surface area contributed by atoms with Crippen molar-refractivity contribution in [1.29, 1.82) is 0 Å². The second-order valence-corrected chi connectivity index (χ2v) is 7.70. The van der Waals surface area contributed by atoms with E-state index in [0.29, 0.717) is 11.9 Å². The molecule has 146 valence electrons. The van der Waals surface area contributed by atoms with E-state index in [1.807, 2.05) is 41.2 Å². The third kappa shape index (κ3) is 3.71. The molecule has 1 aliphatic rings. The molecule has 3 aromatic heterocycles. The molecule has 1 saturated heterocycles. The zero-order chi connectivity index (χ0) is 19.6. The molecule has 1 fully saturated rings. The molecular formula is C23H24N6. The van der Waals surface area contributed by atoms with Gasteiger partial charge in [0.2, 0.25) is 5.95 Å². The summed E-state index contributed by atoms with van der Waals surface area (Å²) in [6, 6.07) is 16.7. The third-order valence-electron chi connectivity index (χ3n) is 5.71. The van der Waals surface area contributed by atoms with Crippen LogP contribution in [0.4, 0.5) is 11.6 Å². The number of anilines is 2. The molecule has 5 rings (SSSR count). The number of rotatable bonds is 4. The van der Waals surface area contributed by atoms with E-state index in [-0.39, 0.29) is 0 Å². The minimum absolute atomic E-state index is 0.575. The van der Waals surface area contributed by atoms with Gasteiger partial charge in [-0.2, -0.15) is 0 Å². The first-order chi connectivity index (χ1) is 14.3. The number of piperidine rings is 1. The van der Waals surface area contributed by atoms with Crippen LogP contribution in [0.2, 0.25) is 0 Å². The summed E-state index contributed by atoms with van der Waals surface area (Å²) >= 11 is 0. The summed E-state index contributed by atoms with van der Waals surface area (Å²) in [5, 5.41) is 8.02. The van der Waals surface area contributed by atoms with Crippen molar-refractivity contribution in [2.75, 3.05) is 25.5 Å². The van der Waals surface area contributed by atoms with E-state index in [2.05, 4.69) is 56.6 Å². The topological polar surface area (TPSA) is 58.3 Å². The van der Waals surface area contributed by atoms with Crippen molar-refractivity contribution >= 4 is 17.2 Å². The number of nitrogens with zero attached hydrogens (tertiary/aromatic N) is 5. The van der Waals surface area contributed by atoms with E-state index in [0.717, 1.165) is 22.5 Å². The normalized spacial score (nSPS) is 15.6. The van der Waals surface area contributed by atoms with Gasteiger partial charge in [-0.25, -0.2) is 9.50 Å². The standard InChI is InChI=1S/C23H24N6/c1-28-13-10-18(11-14-28)17-4-6-20(7-5-17)26-23-25-16-21-8-9-22(29(21)27-23)19-3-2-12-24-15-19/h2-9,12,15-16,18H,10-11,13-14H2,1H3,(H,26,27). The Hall–Kier alpha value is -3.25. The predicted octanol–water partition coefficient (Wildman–Crippen LogP) is 4.34. The molecule has 0 amide bonds. The SMILES string of the molecule is CN1CCC(c2ccc(Nc3ncc4ccc(-c5cccnc5)n4n3)cc2)CC1. The second kappa shape index (κ2) is 7.64. The van der Waals surface area contributed by atoms with Gasteiger partial charge in [-0.15, -0.1) is 5.10 Å². The molecule has 6 nitrogen and oxygen atoms in total. The van der Waals surface area contributed by atoms with Crippen molar-refractivity contribution in [2.45, 2.75) is 18.8 Å². The highest BCUT2D eigenvalue weighted by atomic mass is 15.3. The Kier molecular flexibility index (Phi) is 4.69. The van der Waals surface area contributed by atoms with Gasteiger partial charge in [-0.05, 0) is 80.9 Å². The zero-order valence-electron chi connectivity index (χ0n) is 16.5. The van der Waals surface area contributed by atoms with Gasteiger partial charge in [0.25, 0.3) is 0 Å². The molecule has 0 radical (unpaired) electrons. The van der Waals surface area contributed by atoms with E-state index in [9.17, 15) is 0 Å². The third-order valence-corrected chi connectivity index (χ3v) is 5.71. The molecule has 0 aliphatic carbocycles. The Labute approximate surface area is 170 Å². The molecule has 0 spiro atoms. The lowest BCUT2D eigenvalue weighted by atomic mass is 9.89. The van der Waals surface area contributed by atoms with Crippen LogP contribution in [0.1, 0.15) is 24.3 Å². The number of aromatic nitrogens is 4. The average molecular weight is 384 g/mol. The maximum absolute atomic E-state index is 4.69. The summed E-state index contributed by atoms with van der Waals surface area (Å²) in [6.45, 7) is 2.35. The van der Waals surface area contributed by atoms with Gasteiger partial charge in [0.05, 0.1) is 17.4 Å². The van der Waals surface area contributed by atoms with Crippen molar-refractivity contribution < 1.29 is 0 Å². The smallest absolute Gasteiger partial charge is 0.245 e. The van der Waals surface area contributed by atoms with Crippen LogP contribution < -0.4 is 5.32 Å². The molecule has 29 heavy (non-hydrogen) atoms. The molecule has 0 unspecified atom stereocenters. The largest absolute Gasteiger partial charge is 0.323 e. The highest BCUT2D eigenvalue weighted by molar-refractivity contribution is 5.66. The number of likely N-dealkylation sites (tertiary alicyclic amines) is 1. The molecule has 4 aromatic rings. The van der Waals surface area contributed by atoms with Gasteiger partial charge >= 0.3 is 0 Å². The summed E-state index contributed by atoms with van der Waals surface area (Å²) in [5.41, 5.74) is 5.39. The maximum atomic E-state index is 4.69. The van der Waals surface area contributed by atoms with Gasteiger partial charge < -0.3 is 10.2 Å². The minimum Gasteiger partial charge on any atom is -0.323 e. The molecule has 0 bridgehead atoms. The molecule has 0 saturated carbocycles. The van der Waals surface area contributed by atoms with Crippen LogP contribution >= 0.6 is 0 Å². The molecule has 1 aliphatic heterocycles. The summed E-state index contributed by atoms with van der Waals surface area (Å²) in [7, 11) is 2.20. The number of nitrogens with one attached hydrogen (secondary N) is 1. The fraction of sp³-hybridized carbons (Fsp3) is 0.261. The van der Waals surface area contributed by atoms with E-state index in [1.54, 1.807) is 6.20 Å². The lowest BCUT2D eigenvalue weighted by molar-refractivity contribution is 0.255. The van der Waals surface area contributed by atoms with Crippen molar-refractivity contribution in [3.63, 3.8) is 0 Å². The van der Waals surface area contributed by atoms with E-state index in [4.69, 9.17) is 0 Å². The van der Waals surface area contributed by atoms with Crippen LogP contribution in [0.25, 0.3) is 16.8 Å². The first-order valence-electron chi connectivity index (χ1n) is 10.1. The van der Waals surface area contributed by atoms with Crippen LogP contribution in [0.15, 0.2) is 67.1 Å². The fourth-order valence-electron chi connectivity index (χ4n) is 4.00. The molecule has 1 aromatic carbocycles. The fourth-order valence-corrected chi connectivity index (χ4v) is 4.00. The summed E-state index contributed by atoms with van der Waals surface area (Å²) in [4.78, 5) is 11.1. The molecule has 0 atom stereocenters. The van der Waals surface area contributed by atoms with Crippen LogP contribution in [0.5, 0.6) is 0 Å². The zero-order valence-corrected chi connectivity index (χ0v) is 16.5. The van der Waals surface area contributed by atoms with Crippen LogP contribution in [0, 0.1) is 0 Å². The summed E-state index contributed by atoms with van der Waals surface area (Å²) in [6.07, 6.45) is 7.92. The highest BCUT2D eigenvalue weighted by Gasteiger charge is 2.18. The lowest BCUT2D eigenvalue weighted by Crippen LogP contribution is -2.29. The number of fused-ring (bicyclic) bond motifs is 1. The average Bonchev–Trinajstić information content (AvgIpc) is 3.19. The van der Waals surface area contributed by atoms with Gasteiger partial charge in [0, 0.05) is 23.6 Å². The Bertz CT molecular complexity index is 1100. The maximum Gasteiger partial charge on any atom is 0.245 e. The number of hydrogen-bond acceptors (Lipinski definition) is 5. The van der Waals surface area contributed by atoms with Crippen LogP contribution in [0.3, 0.4) is 0 Å². The predicted molar refractivity (Wildman–Crippen MR) is 115 cm³/mol. The quantitative estimate of drug-likeness (QED) is 0.567. The summed E-state index contributed by atoms with van der Waals surface area (Å²) in [5.74, 6) is 1.24. The van der Waals surface area contributed by atoms with Gasteiger partial charge in [0.1, 0.15) is 0 Å². The van der Waals surface area contributed by atoms with Crippen LogP contribution in [-0.4, -0.2) is 44.6 Å². The van der Waals surface area contributed by atoms with Gasteiger partial charge in [-0.3, -0.25) is 4.98 Å². The Morgan fingerprint density at radius 1 is 0.966 bits per heavy atom. The van der Waals surface area contributed by atoms with Crippen LogP contribution in [-0.2, 0) is 0 Å². The van der Waals surface area contributed by atoms with E-state index in [1.165, 1.54) is 31.5 Å². The highest BCUT2D eigenvalue weighted by Crippen LogP contribution is 2.29. The van der Waals surface area contributed by atoms with Crippen molar-refractivity contribution in [1.82, 2.24) is 24.5 Å². The Balaban J connectivity index is 1.36. The van der Waals surface area contributed by atoms with E-state index >= 15 is 0 Å². The first kappa shape index (κ1) is 17.8. The monoisotopic (exact) mass is 384 g/mol. The Morgan fingerprint density at radius 3 is 2.55 bits per heavy atom. The van der Waals surface area contributed by atoms with Gasteiger partial charge in [-0.1, -0.05) is 12.1 Å². The minimum atomic E-state index is 0.575. The van der Waals surface area contributed by atoms with Crippen molar-refractivity contribution in [3.8, 4) is 11.3 Å². The molecule has 4 heterocycles. The Morgan fingerprint density at radius 2 is 1.79 bits per heavy atom. The van der Waals surface area contributed by atoms with Crippen molar-refractivity contribution in [2.24, 2.45) is 0 Å². The number of pyridine rings is 1. The number of benzene rings is 1. The lowest BCUT2D eigenvalue weighted by Gasteiger charge is -2.29. The van der Waals surface area contributed by atoms with Crippen molar-refractivity contribution in [3.05, 3.63) is 72.7 Å². The van der Waals surface area contributed by atoms with Gasteiger partial charge in [0.15, 0.2) is 0 Å². The second-order valence-electron chi connectivity index (χ2n) is 7.70. The molecule has 6 heteroatoms. The first-order valence-corrected chi connectivity index (χ1v) is 10.1. The molecular weight excluding hydrogens is 360 g/mol. The molecule has 1 N–H and O–H groups in total. The summed E-state index contributed by atoms with van der Waals surface area (Å²) < 4.78 is 1.90.